The maximum absolute atomic E-state index is 4.24. The van der Waals surface area contributed by atoms with Gasteiger partial charge in [-0.05, 0) is 57.6 Å². The summed E-state index contributed by atoms with van der Waals surface area (Å²) >= 11 is 0. The van der Waals surface area contributed by atoms with Gasteiger partial charge >= 0.3 is 0 Å². The molecule has 0 radical (unpaired) electrons. The molecule has 2 aromatic heterocycles. The van der Waals surface area contributed by atoms with Crippen molar-refractivity contribution in [3.63, 3.8) is 0 Å². The van der Waals surface area contributed by atoms with Crippen molar-refractivity contribution in [2.75, 3.05) is 0 Å². The van der Waals surface area contributed by atoms with Crippen LogP contribution in [-0.2, 0) is 5.41 Å². The van der Waals surface area contributed by atoms with Crippen LogP contribution in [0.15, 0.2) is 97.6 Å². The predicted molar refractivity (Wildman–Crippen MR) is 99.3 cm³/mol. The van der Waals surface area contributed by atoms with E-state index in [1.54, 1.807) is 0 Å². The highest BCUT2D eigenvalue weighted by molar-refractivity contribution is 5.85. The Hall–Kier alpha value is -3.26. The lowest BCUT2D eigenvalue weighted by molar-refractivity contribution is 0.764. The average Bonchev–Trinajstić information content (AvgIpc) is 3.01. The minimum absolute atomic E-state index is 0.334. The number of aromatic nitrogens is 2. The Morgan fingerprint density at radius 1 is 0.480 bits per heavy atom. The largest absolute Gasteiger partial charge is 0.265 e. The Balaban J connectivity index is 1.98. The summed E-state index contributed by atoms with van der Waals surface area (Å²) in [5, 5.41) is 0. The first kappa shape index (κ1) is 14.1. The van der Waals surface area contributed by atoms with Crippen molar-refractivity contribution in [1.82, 2.24) is 9.97 Å². The summed E-state index contributed by atoms with van der Waals surface area (Å²) < 4.78 is 0. The van der Waals surface area contributed by atoms with Crippen molar-refractivity contribution >= 4 is 0 Å². The van der Waals surface area contributed by atoms with Crippen LogP contribution < -0.4 is 0 Å². The highest BCUT2D eigenvalue weighted by Crippen LogP contribution is 2.55. The van der Waals surface area contributed by atoms with Gasteiger partial charge in [0.2, 0.25) is 0 Å². The number of pyridine rings is 2. The molecule has 0 atom stereocenters. The van der Waals surface area contributed by atoms with Crippen LogP contribution >= 0.6 is 0 Å². The number of hydrogen-bond donors (Lipinski definition) is 0. The zero-order chi connectivity index (χ0) is 16.7. The van der Waals surface area contributed by atoms with E-state index in [4.69, 9.17) is 0 Å². The summed E-state index contributed by atoms with van der Waals surface area (Å²) in [7, 11) is 0. The molecule has 25 heavy (non-hydrogen) atoms. The third-order valence-corrected chi connectivity index (χ3v) is 5.18. The molecule has 0 aliphatic heterocycles. The fraction of sp³-hybridized carbons (Fsp3) is 0.0435. The van der Waals surface area contributed by atoms with Crippen molar-refractivity contribution in [2.24, 2.45) is 0 Å². The first-order valence-electron chi connectivity index (χ1n) is 8.43. The summed E-state index contributed by atoms with van der Waals surface area (Å²) in [6, 6.07) is 25.9. The molecule has 0 amide bonds. The molecule has 2 nitrogen and oxygen atoms in total. The lowest BCUT2D eigenvalue weighted by Gasteiger charge is -2.33. The fourth-order valence-electron chi connectivity index (χ4n) is 4.23. The van der Waals surface area contributed by atoms with Crippen molar-refractivity contribution in [2.45, 2.75) is 5.41 Å². The van der Waals surface area contributed by atoms with Crippen molar-refractivity contribution in [3.8, 4) is 11.1 Å². The average molecular weight is 320 g/mol. The van der Waals surface area contributed by atoms with Gasteiger partial charge in [0.05, 0.1) is 5.41 Å². The SMILES string of the molecule is c1ccc2c(c1)-c1ccccc1C2(c1ccncc1)c1ccncc1. The minimum Gasteiger partial charge on any atom is -0.265 e. The Morgan fingerprint density at radius 2 is 0.880 bits per heavy atom. The predicted octanol–water partition coefficient (Wildman–Crippen LogP) is 4.84. The zero-order valence-corrected chi connectivity index (χ0v) is 13.6. The summed E-state index contributed by atoms with van der Waals surface area (Å²) in [6.45, 7) is 0. The molecule has 4 aromatic rings. The number of hydrogen-bond acceptors (Lipinski definition) is 2. The van der Waals surface area contributed by atoms with Crippen LogP contribution in [0.2, 0.25) is 0 Å². The second kappa shape index (κ2) is 5.38. The van der Waals surface area contributed by atoms with E-state index in [-0.39, 0.29) is 5.41 Å². The zero-order valence-electron chi connectivity index (χ0n) is 13.6. The number of fused-ring (bicyclic) bond motifs is 3. The van der Waals surface area contributed by atoms with Gasteiger partial charge in [0.1, 0.15) is 0 Å². The maximum atomic E-state index is 4.24. The second-order valence-electron chi connectivity index (χ2n) is 6.31. The van der Waals surface area contributed by atoms with Crippen LogP contribution in [0, 0.1) is 0 Å². The van der Waals surface area contributed by atoms with E-state index in [1.807, 2.05) is 24.8 Å². The lowest BCUT2D eigenvalue weighted by atomic mass is 9.68. The van der Waals surface area contributed by atoms with Crippen molar-refractivity contribution in [1.29, 1.82) is 0 Å². The molecule has 0 saturated heterocycles. The third kappa shape index (κ3) is 1.85. The summed E-state index contributed by atoms with van der Waals surface area (Å²) in [6.07, 6.45) is 7.51. The number of rotatable bonds is 2. The van der Waals surface area contributed by atoms with Gasteiger partial charge in [0.15, 0.2) is 0 Å². The number of benzene rings is 2. The van der Waals surface area contributed by atoms with Crippen LogP contribution in [0.3, 0.4) is 0 Å². The highest BCUT2D eigenvalue weighted by Gasteiger charge is 2.45. The summed E-state index contributed by atoms with van der Waals surface area (Å²) in [4.78, 5) is 8.48. The van der Waals surface area contributed by atoms with E-state index in [1.165, 1.54) is 33.4 Å². The molecule has 0 spiro atoms. The number of nitrogens with zero attached hydrogens (tertiary/aromatic N) is 2. The first-order chi connectivity index (χ1) is 12.4. The molecule has 118 valence electrons. The van der Waals surface area contributed by atoms with E-state index in [2.05, 4.69) is 82.8 Å². The van der Waals surface area contributed by atoms with Crippen LogP contribution in [0.4, 0.5) is 0 Å². The molecule has 1 aliphatic rings. The van der Waals surface area contributed by atoms with Gasteiger partial charge in [-0.1, -0.05) is 48.5 Å². The molecule has 0 fully saturated rings. The van der Waals surface area contributed by atoms with E-state index in [9.17, 15) is 0 Å². The van der Waals surface area contributed by atoms with Crippen LogP contribution in [0.5, 0.6) is 0 Å². The lowest BCUT2D eigenvalue weighted by Crippen LogP contribution is -2.28. The van der Waals surface area contributed by atoms with Gasteiger partial charge in [-0.2, -0.15) is 0 Å². The molecule has 0 saturated carbocycles. The topological polar surface area (TPSA) is 25.8 Å². The van der Waals surface area contributed by atoms with Crippen molar-refractivity contribution < 1.29 is 0 Å². The Morgan fingerprint density at radius 3 is 1.32 bits per heavy atom. The molecule has 0 N–H and O–H groups in total. The fourth-order valence-corrected chi connectivity index (χ4v) is 4.23. The molecule has 2 aromatic carbocycles. The normalized spacial score (nSPS) is 13.9. The van der Waals surface area contributed by atoms with Gasteiger partial charge in [-0.25, -0.2) is 0 Å². The molecular formula is C23H16N2. The van der Waals surface area contributed by atoms with Crippen LogP contribution in [-0.4, -0.2) is 9.97 Å². The monoisotopic (exact) mass is 320 g/mol. The van der Waals surface area contributed by atoms with Gasteiger partial charge in [-0.15, -0.1) is 0 Å². The highest BCUT2D eigenvalue weighted by atomic mass is 14.6. The van der Waals surface area contributed by atoms with Gasteiger partial charge < -0.3 is 0 Å². The van der Waals surface area contributed by atoms with Gasteiger partial charge in [0.25, 0.3) is 0 Å². The third-order valence-electron chi connectivity index (χ3n) is 5.18. The Bertz CT molecular complexity index is 953. The Kier molecular flexibility index (Phi) is 3.04. The van der Waals surface area contributed by atoms with Crippen LogP contribution in [0.25, 0.3) is 11.1 Å². The summed E-state index contributed by atoms with van der Waals surface area (Å²) in [5.74, 6) is 0. The minimum atomic E-state index is -0.334. The Labute approximate surface area is 146 Å². The molecule has 0 bridgehead atoms. The van der Waals surface area contributed by atoms with Crippen LogP contribution in [0.1, 0.15) is 22.3 Å². The molecule has 5 rings (SSSR count). The molecule has 2 heterocycles. The molecule has 0 unspecified atom stereocenters. The van der Waals surface area contributed by atoms with E-state index in [0.29, 0.717) is 0 Å². The molecule has 2 heteroatoms. The second-order valence-corrected chi connectivity index (χ2v) is 6.31. The van der Waals surface area contributed by atoms with Gasteiger partial charge in [0, 0.05) is 24.8 Å². The smallest absolute Gasteiger partial charge is 0.0715 e. The summed E-state index contributed by atoms with van der Waals surface area (Å²) in [5.41, 5.74) is 7.34. The van der Waals surface area contributed by atoms with E-state index >= 15 is 0 Å². The van der Waals surface area contributed by atoms with E-state index < -0.39 is 0 Å². The molecular weight excluding hydrogens is 304 g/mol. The van der Waals surface area contributed by atoms with Gasteiger partial charge in [-0.3, -0.25) is 9.97 Å². The van der Waals surface area contributed by atoms with E-state index in [0.717, 1.165) is 0 Å². The standard InChI is InChI=1S/C23H16N2/c1-3-7-21-19(5-1)20-6-2-4-8-22(20)23(21,17-9-13-24-14-10-17)18-11-15-25-16-12-18/h1-16H. The quantitative estimate of drug-likeness (QED) is 0.465. The van der Waals surface area contributed by atoms with Crippen molar-refractivity contribution in [3.05, 3.63) is 120 Å². The molecule has 1 aliphatic carbocycles. The first-order valence-corrected chi connectivity index (χ1v) is 8.43. The maximum Gasteiger partial charge on any atom is 0.0715 e.